The van der Waals surface area contributed by atoms with E-state index in [0.717, 1.165) is 6.42 Å². The number of rotatable bonds is 1. The van der Waals surface area contributed by atoms with Crippen molar-refractivity contribution < 1.29 is 14.7 Å². The second-order valence-electron chi connectivity index (χ2n) is 4.01. The highest BCUT2D eigenvalue weighted by molar-refractivity contribution is 5.79. The number of hydrogen-bond acceptors (Lipinski definition) is 3. The summed E-state index contributed by atoms with van der Waals surface area (Å²) in [6.07, 6.45) is 2.10. The molecule has 3 atom stereocenters. The third-order valence-corrected chi connectivity index (χ3v) is 3.07. The maximum atomic E-state index is 11.1. The Bertz CT molecular complexity index is 265. The van der Waals surface area contributed by atoms with Gasteiger partial charge in [-0.25, -0.2) is 0 Å². The van der Waals surface area contributed by atoms with E-state index in [2.05, 4.69) is 10.6 Å². The van der Waals surface area contributed by atoms with Crippen molar-refractivity contribution >= 4 is 11.9 Å². The molecule has 1 aliphatic heterocycles. The number of carboxylic acid groups (broad SMARTS) is 1. The Labute approximate surface area is 81.9 Å². The molecule has 1 saturated heterocycles. The standard InChI is InChI=1S/C9H14N2O3/c12-8-4-10-6-2-1-5(9(13)14)3-7(6)11-8/h5-7,10H,1-4H2,(H,11,12)(H,13,14). The van der Waals surface area contributed by atoms with E-state index in [-0.39, 0.29) is 23.9 Å². The lowest BCUT2D eigenvalue weighted by molar-refractivity contribution is -0.144. The third-order valence-electron chi connectivity index (χ3n) is 3.07. The lowest BCUT2D eigenvalue weighted by atomic mass is 9.81. The summed E-state index contributed by atoms with van der Waals surface area (Å²) in [5.41, 5.74) is 0. The lowest BCUT2D eigenvalue weighted by Crippen LogP contribution is -2.61. The Morgan fingerprint density at radius 1 is 1.36 bits per heavy atom. The number of carbonyl (C=O) groups is 2. The van der Waals surface area contributed by atoms with Gasteiger partial charge in [0.1, 0.15) is 0 Å². The lowest BCUT2D eigenvalue weighted by Gasteiger charge is -2.38. The Morgan fingerprint density at radius 2 is 2.14 bits per heavy atom. The van der Waals surface area contributed by atoms with Gasteiger partial charge in [0.25, 0.3) is 0 Å². The van der Waals surface area contributed by atoms with Crippen LogP contribution in [0.5, 0.6) is 0 Å². The van der Waals surface area contributed by atoms with Gasteiger partial charge in [-0.2, -0.15) is 0 Å². The van der Waals surface area contributed by atoms with Gasteiger partial charge in [-0.1, -0.05) is 0 Å². The molecule has 0 radical (unpaired) electrons. The van der Waals surface area contributed by atoms with Crippen LogP contribution in [0, 0.1) is 5.92 Å². The minimum atomic E-state index is -0.747. The molecule has 0 aromatic rings. The molecule has 0 bridgehead atoms. The van der Waals surface area contributed by atoms with Crippen LogP contribution in [0.1, 0.15) is 19.3 Å². The Balaban J connectivity index is 1.99. The summed E-state index contributed by atoms with van der Waals surface area (Å²) >= 11 is 0. The molecule has 0 aromatic heterocycles. The summed E-state index contributed by atoms with van der Waals surface area (Å²) in [4.78, 5) is 21.9. The predicted molar refractivity (Wildman–Crippen MR) is 48.7 cm³/mol. The number of amides is 1. The molecule has 1 amide bonds. The van der Waals surface area contributed by atoms with Crippen molar-refractivity contribution in [2.24, 2.45) is 5.92 Å². The molecule has 78 valence electrons. The van der Waals surface area contributed by atoms with Crippen molar-refractivity contribution in [3.05, 3.63) is 0 Å². The number of nitrogens with one attached hydrogen (secondary N) is 2. The summed E-state index contributed by atoms with van der Waals surface area (Å²) in [5, 5.41) is 14.8. The van der Waals surface area contributed by atoms with Crippen molar-refractivity contribution in [2.75, 3.05) is 6.54 Å². The molecule has 3 unspecified atom stereocenters. The van der Waals surface area contributed by atoms with Crippen LogP contribution in [0.2, 0.25) is 0 Å². The van der Waals surface area contributed by atoms with Gasteiger partial charge < -0.3 is 15.7 Å². The highest BCUT2D eigenvalue weighted by Gasteiger charge is 2.36. The first-order valence-electron chi connectivity index (χ1n) is 4.92. The van der Waals surface area contributed by atoms with E-state index in [1.54, 1.807) is 0 Å². The van der Waals surface area contributed by atoms with Crippen molar-refractivity contribution in [2.45, 2.75) is 31.3 Å². The van der Waals surface area contributed by atoms with Crippen molar-refractivity contribution in [3.63, 3.8) is 0 Å². The first-order valence-corrected chi connectivity index (χ1v) is 4.92. The largest absolute Gasteiger partial charge is 0.481 e. The Hall–Kier alpha value is -1.10. The minimum absolute atomic E-state index is 0.00565. The number of aliphatic carboxylic acids is 1. The molecule has 14 heavy (non-hydrogen) atoms. The zero-order chi connectivity index (χ0) is 10.1. The first-order chi connectivity index (χ1) is 6.66. The molecular weight excluding hydrogens is 184 g/mol. The number of fused-ring (bicyclic) bond motifs is 1. The summed E-state index contributed by atoms with van der Waals surface area (Å²) in [7, 11) is 0. The fourth-order valence-electron chi connectivity index (χ4n) is 2.28. The van der Waals surface area contributed by atoms with E-state index in [0.29, 0.717) is 19.4 Å². The molecule has 1 saturated carbocycles. The van der Waals surface area contributed by atoms with Crippen LogP contribution in [-0.2, 0) is 9.59 Å². The minimum Gasteiger partial charge on any atom is -0.481 e. The first kappa shape index (κ1) is 9.45. The smallest absolute Gasteiger partial charge is 0.306 e. The maximum Gasteiger partial charge on any atom is 0.306 e. The number of hydrogen-bond donors (Lipinski definition) is 3. The fraction of sp³-hybridized carbons (Fsp3) is 0.778. The van der Waals surface area contributed by atoms with E-state index >= 15 is 0 Å². The third kappa shape index (κ3) is 1.72. The summed E-state index contributed by atoms with van der Waals surface area (Å²) in [6, 6.07) is 0.273. The maximum absolute atomic E-state index is 11.1. The van der Waals surface area contributed by atoms with E-state index in [4.69, 9.17) is 5.11 Å². The average Bonchev–Trinajstić information content (AvgIpc) is 2.16. The van der Waals surface area contributed by atoms with Crippen LogP contribution in [0.3, 0.4) is 0 Å². The Kier molecular flexibility index (Phi) is 2.41. The molecule has 0 aromatic carbocycles. The van der Waals surface area contributed by atoms with Crippen LogP contribution < -0.4 is 10.6 Å². The number of carbonyl (C=O) groups excluding carboxylic acids is 1. The molecular formula is C9H14N2O3. The van der Waals surface area contributed by atoms with Crippen LogP contribution in [0.15, 0.2) is 0 Å². The van der Waals surface area contributed by atoms with E-state index in [1.807, 2.05) is 0 Å². The highest BCUT2D eigenvalue weighted by atomic mass is 16.4. The van der Waals surface area contributed by atoms with Crippen LogP contribution in [0.4, 0.5) is 0 Å². The van der Waals surface area contributed by atoms with Gasteiger partial charge in [-0.05, 0) is 19.3 Å². The van der Waals surface area contributed by atoms with Gasteiger partial charge in [0.2, 0.25) is 5.91 Å². The van der Waals surface area contributed by atoms with Crippen molar-refractivity contribution in [3.8, 4) is 0 Å². The predicted octanol–water partition coefficient (Wildman–Crippen LogP) is -0.672. The summed E-state index contributed by atoms with van der Waals surface area (Å²) < 4.78 is 0. The van der Waals surface area contributed by atoms with Crippen molar-refractivity contribution in [1.82, 2.24) is 10.6 Å². The van der Waals surface area contributed by atoms with Gasteiger partial charge in [0, 0.05) is 12.1 Å². The average molecular weight is 198 g/mol. The summed E-state index contributed by atoms with van der Waals surface area (Å²) in [6.45, 7) is 0.360. The molecule has 3 N–H and O–H groups in total. The van der Waals surface area contributed by atoms with E-state index in [9.17, 15) is 9.59 Å². The number of piperazine rings is 1. The quantitative estimate of drug-likeness (QED) is 0.522. The van der Waals surface area contributed by atoms with Crippen LogP contribution in [-0.4, -0.2) is 35.6 Å². The molecule has 5 nitrogen and oxygen atoms in total. The Morgan fingerprint density at radius 3 is 2.86 bits per heavy atom. The molecule has 2 rings (SSSR count). The van der Waals surface area contributed by atoms with Gasteiger partial charge in [-0.3, -0.25) is 9.59 Å². The zero-order valence-corrected chi connectivity index (χ0v) is 7.82. The second-order valence-corrected chi connectivity index (χ2v) is 4.01. The molecule has 1 heterocycles. The molecule has 0 spiro atoms. The van der Waals surface area contributed by atoms with Gasteiger partial charge >= 0.3 is 5.97 Å². The molecule has 2 fully saturated rings. The number of carboxylic acids is 1. The van der Waals surface area contributed by atoms with Crippen LogP contribution in [0.25, 0.3) is 0 Å². The monoisotopic (exact) mass is 198 g/mol. The van der Waals surface area contributed by atoms with Gasteiger partial charge in [-0.15, -0.1) is 0 Å². The molecule has 5 heteroatoms. The van der Waals surface area contributed by atoms with Crippen molar-refractivity contribution in [1.29, 1.82) is 0 Å². The second kappa shape index (κ2) is 3.57. The highest BCUT2D eigenvalue weighted by Crippen LogP contribution is 2.26. The van der Waals surface area contributed by atoms with Gasteiger partial charge in [0.15, 0.2) is 0 Å². The zero-order valence-electron chi connectivity index (χ0n) is 7.82. The SMILES string of the molecule is O=C1CNC2CCC(C(=O)O)CC2N1. The molecule has 1 aliphatic carbocycles. The van der Waals surface area contributed by atoms with E-state index < -0.39 is 5.97 Å². The van der Waals surface area contributed by atoms with Gasteiger partial charge in [0.05, 0.1) is 12.5 Å². The normalized spacial score (nSPS) is 37.1. The molecule has 2 aliphatic rings. The van der Waals surface area contributed by atoms with E-state index in [1.165, 1.54) is 0 Å². The summed E-state index contributed by atoms with van der Waals surface area (Å²) in [5.74, 6) is -1.07. The van der Waals surface area contributed by atoms with Crippen LogP contribution >= 0.6 is 0 Å². The topological polar surface area (TPSA) is 78.4 Å². The fourth-order valence-corrected chi connectivity index (χ4v) is 2.28.